The van der Waals surface area contributed by atoms with E-state index in [2.05, 4.69) is 53.8 Å². The first kappa shape index (κ1) is 57.6. The van der Waals surface area contributed by atoms with E-state index in [0.717, 1.165) is 112 Å². The van der Waals surface area contributed by atoms with Crippen LogP contribution in [-0.2, 0) is 19.2 Å². The fourth-order valence-corrected chi connectivity index (χ4v) is 12.8. The number of piperidine rings is 1. The third-order valence-electron chi connectivity index (χ3n) is 16.5. The van der Waals surface area contributed by atoms with Gasteiger partial charge in [-0.25, -0.2) is 9.37 Å². The van der Waals surface area contributed by atoms with Gasteiger partial charge in [-0.15, -0.1) is 11.3 Å². The van der Waals surface area contributed by atoms with Gasteiger partial charge in [0.25, 0.3) is 11.8 Å². The summed E-state index contributed by atoms with van der Waals surface area (Å²) >= 11 is 7.77. The van der Waals surface area contributed by atoms with Crippen LogP contribution in [0.5, 0.6) is 5.75 Å². The molecule has 5 fully saturated rings. The maximum atomic E-state index is 14.8. The number of fused-ring (bicyclic) bond motifs is 2. The van der Waals surface area contributed by atoms with Crippen molar-refractivity contribution in [3.63, 3.8) is 0 Å². The molecule has 1 aromatic heterocycles. The van der Waals surface area contributed by atoms with Crippen LogP contribution in [0.4, 0.5) is 10.1 Å². The first-order valence-corrected chi connectivity index (χ1v) is 29.5. The van der Waals surface area contributed by atoms with Gasteiger partial charge in [0, 0.05) is 87.9 Å². The molecule has 6 atom stereocenters. The summed E-state index contributed by atoms with van der Waals surface area (Å²) in [6, 6.07) is 20.3. The van der Waals surface area contributed by atoms with Crippen LogP contribution in [0.15, 0.2) is 72.2 Å². The summed E-state index contributed by atoms with van der Waals surface area (Å²) in [5.41, 5.74) is 3.78. The molecule has 5 amide bonds. The van der Waals surface area contributed by atoms with E-state index < -0.39 is 53.0 Å². The summed E-state index contributed by atoms with van der Waals surface area (Å²) < 4.78 is 21.1. The average Bonchev–Trinajstić information content (AvgIpc) is 3.72. The van der Waals surface area contributed by atoms with Crippen molar-refractivity contribution in [1.82, 2.24) is 35.6 Å². The van der Waals surface area contributed by atoms with Crippen molar-refractivity contribution in [3.8, 4) is 22.3 Å². The number of hydrogen-bond acceptors (Lipinski definition) is 12. The first-order valence-electron chi connectivity index (χ1n) is 28.2. The zero-order valence-electron chi connectivity index (χ0n) is 45.9. The number of β-amino-alcohol motifs (C(OH)–C–C–N with tert-alkyl or cyclic N) is 1. The minimum absolute atomic E-state index is 0.0112. The molecule has 5 aliphatic rings. The van der Waals surface area contributed by atoms with Gasteiger partial charge in [0.15, 0.2) is 5.67 Å². The molecule has 2 bridgehead atoms. The Bertz CT molecular complexity index is 2850. The van der Waals surface area contributed by atoms with Crippen LogP contribution in [-0.4, -0.2) is 142 Å². The number of nitriles is 1. The monoisotopic (exact) mass is 1120 g/mol. The number of amides is 5. The minimum atomic E-state index is -2.00. The third kappa shape index (κ3) is 14.1. The van der Waals surface area contributed by atoms with Crippen LogP contribution in [0.2, 0.25) is 5.02 Å². The number of piperazine rings is 1. The number of benzene rings is 3. The Morgan fingerprint density at radius 3 is 2.23 bits per heavy atom. The molecule has 19 heteroatoms. The molecule has 0 radical (unpaired) electrons. The van der Waals surface area contributed by atoms with E-state index in [1.807, 2.05) is 43.3 Å². The summed E-state index contributed by atoms with van der Waals surface area (Å²) in [5, 5.41) is 29.1. The predicted molar refractivity (Wildman–Crippen MR) is 302 cm³/mol. The highest BCUT2D eigenvalue weighted by molar-refractivity contribution is 7.13. The zero-order valence-corrected chi connectivity index (χ0v) is 47.4. The van der Waals surface area contributed by atoms with Crippen LogP contribution in [0.3, 0.4) is 0 Å². The SMILES string of the molecule is Cc1ncsc1-c1ccc(C(CC(=O)NCCCCCCCN2CCN(c3ccc(C(=O)N4C5CCC4CC(Oc4ccc(C#N)c(Cl)c4)C5)cc3)CC2)NC(=O)C2CC(O)CN2C(=O)C(NC(=O)C2(F)CC2)C(C)(C)C)cc1. The van der Waals surface area contributed by atoms with Gasteiger partial charge in [0.2, 0.25) is 17.7 Å². The number of carbonyl (C=O) groups is 5. The van der Waals surface area contributed by atoms with Gasteiger partial charge in [-0.05, 0) is 105 Å². The Kier molecular flexibility index (Phi) is 18.3. The number of hydrogen-bond donors (Lipinski definition) is 4. The number of likely N-dealkylation sites (tertiary alicyclic amines) is 1. The number of alkyl halides is 1. The molecule has 1 aliphatic carbocycles. The number of aryl methyl sites for hydroxylation is 1. The summed E-state index contributed by atoms with van der Waals surface area (Å²) in [6.07, 6.45) is 7.54. The normalized spacial score (nSPS) is 22.4. The average molecular weight is 1120 g/mol. The second-order valence-corrected chi connectivity index (χ2v) is 24.6. The van der Waals surface area contributed by atoms with Gasteiger partial charge >= 0.3 is 0 Å². The lowest BCUT2D eigenvalue weighted by atomic mass is 9.85. The summed E-state index contributed by atoms with van der Waals surface area (Å²) in [7, 11) is 0. The van der Waals surface area contributed by atoms with Crippen LogP contribution in [0, 0.1) is 23.7 Å². The highest BCUT2D eigenvalue weighted by Gasteiger charge is 2.53. The van der Waals surface area contributed by atoms with Gasteiger partial charge < -0.3 is 40.5 Å². The molecular weight excluding hydrogens is 1050 g/mol. The molecule has 4 saturated heterocycles. The highest BCUT2D eigenvalue weighted by Crippen LogP contribution is 2.41. The molecule has 16 nitrogen and oxygen atoms in total. The molecule has 4 aliphatic heterocycles. The standard InChI is InChI=1S/C60H75ClFN9O7S/c1-38-53(79-37-65-38)40-12-10-39(11-13-40)50(66-55(74)51-32-46(72)36-70(51)57(76)54(59(2,3)4)67-58(77)60(62)22-23-60)34-52(73)64-24-8-6-5-7-9-25-68-26-28-69(29-27-68)43-17-14-41(15-18-43)56(75)71-44-19-20-45(71)31-48(30-44)78-47-21-16-42(35-63)49(61)33-47/h10-18,21,33,37,44-46,48,50-51,54,72H,5-9,19-20,22-32,34,36H2,1-4H3,(H,64,73)(H,66,74)(H,67,77). The van der Waals surface area contributed by atoms with Crippen molar-refractivity contribution in [2.24, 2.45) is 5.41 Å². The summed E-state index contributed by atoms with van der Waals surface area (Å²) in [4.78, 5) is 82.2. The van der Waals surface area contributed by atoms with Crippen molar-refractivity contribution in [2.75, 3.05) is 50.7 Å². The van der Waals surface area contributed by atoms with E-state index in [9.17, 15) is 38.7 Å². The van der Waals surface area contributed by atoms with Crippen molar-refractivity contribution in [1.29, 1.82) is 5.26 Å². The second kappa shape index (κ2) is 25.1. The lowest BCUT2D eigenvalue weighted by Crippen LogP contribution is -2.59. The molecule has 4 N–H and O–H groups in total. The number of thiazole rings is 1. The van der Waals surface area contributed by atoms with Crippen molar-refractivity contribution in [2.45, 2.75) is 159 Å². The summed E-state index contributed by atoms with van der Waals surface area (Å²) in [6.45, 7) is 12.4. The Balaban J connectivity index is 0.692. The second-order valence-electron chi connectivity index (χ2n) is 23.3. The van der Waals surface area contributed by atoms with Gasteiger partial charge in [0.05, 0.1) is 45.2 Å². The number of nitrogens with one attached hydrogen (secondary N) is 3. The lowest BCUT2D eigenvalue weighted by molar-refractivity contribution is -0.145. The minimum Gasteiger partial charge on any atom is -0.490 e. The largest absolute Gasteiger partial charge is 0.490 e. The molecule has 1 saturated carbocycles. The highest BCUT2D eigenvalue weighted by atomic mass is 35.5. The van der Waals surface area contributed by atoms with E-state index in [0.29, 0.717) is 34.0 Å². The Labute approximate surface area is 472 Å². The number of aromatic nitrogens is 1. The fourth-order valence-electron chi connectivity index (χ4n) is 11.8. The quantitative estimate of drug-likeness (QED) is 0.0586. The Hall–Kier alpha value is -6.13. The Morgan fingerprint density at radius 2 is 1.59 bits per heavy atom. The van der Waals surface area contributed by atoms with E-state index >= 15 is 0 Å². The third-order valence-corrected chi connectivity index (χ3v) is 17.8. The molecule has 79 heavy (non-hydrogen) atoms. The molecule has 5 heterocycles. The van der Waals surface area contributed by atoms with Crippen molar-refractivity contribution in [3.05, 3.63) is 99.6 Å². The number of anilines is 1. The fraction of sp³-hybridized carbons (Fsp3) is 0.550. The number of rotatable bonds is 21. The number of aliphatic hydroxyl groups is 1. The maximum Gasteiger partial charge on any atom is 0.258 e. The van der Waals surface area contributed by atoms with E-state index in [-0.39, 0.29) is 62.2 Å². The number of aliphatic hydroxyl groups excluding tert-OH is 1. The van der Waals surface area contributed by atoms with Gasteiger partial charge in [0.1, 0.15) is 30.0 Å². The number of halogens is 2. The Morgan fingerprint density at radius 1 is 0.911 bits per heavy atom. The number of ether oxygens (including phenoxy) is 1. The van der Waals surface area contributed by atoms with Crippen molar-refractivity contribution >= 4 is 58.2 Å². The van der Waals surface area contributed by atoms with Gasteiger partial charge in [-0.1, -0.05) is 75.9 Å². The molecule has 0 spiro atoms. The molecule has 9 rings (SSSR count). The van der Waals surface area contributed by atoms with Crippen LogP contribution in [0.25, 0.3) is 10.4 Å². The lowest BCUT2D eigenvalue weighted by Gasteiger charge is -2.39. The van der Waals surface area contributed by atoms with E-state index in [1.54, 1.807) is 44.5 Å². The number of carbonyl (C=O) groups excluding carboxylic acids is 5. The smallest absolute Gasteiger partial charge is 0.258 e. The topological polar surface area (TPSA) is 201 Å². The molecular formula is C60H75ClFN9O7S. The van der Waals surface area contributed by atoms with Crippen LogP contribution < -0.4 is 25.6 Å². The predicted octanol–water partition coefficient (Wildman–Crippen LogP) is 8.29. The molecule has 3 aromatic carbocycles. The van der Waals surface area contributed by atoms with Gasteiger partial charge in [-0.2, -0.15) is 5.26 Å². The zero-order chi connectivity index (χ0) is 56.0. The van der Waals surface area contributed by atoms with Gasteiger partial charge in [-0.3, -0.25) is 28.9 Å². The number of unbranched alkanes of at least 4 members (excludes halogenated alkanes) is 4. The maximum absolute atomic E-state index is 14.8. The van der Waals surface area contributed by atoms with Crippen LogP contribution >= 0.6 is 22.9 Å². The van der Waals surface area contributed by atoms with Crippen LogP contribution in [0.1, 0.15) is 137 Å². The first-order chi connectivity index (χ1) is 37.9. The molecule has 4 aromatic rings. The van der Waals surface area contributed by atoms with E-state index in [4.69, 9.17) is 16.3 Å². The number of nitrogens with zero attached hydrogens (tertiary/aromatic N) is 6. The summed E-state index contributed by atoms with van der Waals surface area (Å²) in [5.74, 6) is -1.46. The molecule has 6 unspecified atom stereocenters. The molecule has 422 valence electrons. The van der Waals surface area contributed by atoms with E-state index in [1.165, 1.54) is 16.2 Å². The van der Waals surface area contributed by atoms with Crippen molar-refractivity contribution < 1.29 is 38.2 Å².